The molecule has 0 bridgehead atoms. The molecule has 1 heterocycles. The van der Waals surface area contributed by atoms with E-state index in [1.807, 2.05) is 30.3 Å². The van der Waals surface area contributed by atoms with Crippen LogP contribution in [0.1, 0.15) is 31.4 Å². The van der Waals surface area contributed by atoms with Crippen LogP contribution < -0.4 is 0 Å². The number of amides is 1. The van der Waals surface area contributed by atoms with E-state index in [1.165, 1.54) is 0 Å². The minimum atomic E-state index is -0.281. The van der Waals surface area contributed by atoms with E-state index in [1.54, 1.807) is 23.7 Å². The van der Waals surface area contributed by atoms with E-state index in [4.69, 9.17) is 4.74 Å². The fourth-order valence-electron chi connectivity index (χ4n) is 2.84. The molecule has 1 amide bonds. The largest absolute Gasteiger partial charge is 0.465 e. The molecule has 0 aromatic heterocycles. The zero-order valence-electron chi connectivity index (χ0n) is 13.2. The molecule has 22 heavy (non-hydrogen) atoms. The summed E-state index contributed by atoms with van der Waals surface area (Å²) in [4.78, 5) is 26.1. The van der Waals surface area contributed by atoms with Gasteiger partial charge in [-0.25, -0.2) is 0 Å². The third-order valence-electron chi connectivity index (χ3n) is 3.98. The van der Waals surface area contributed by atoms with Gasteiger partial charge in [0.25, 0.3) is 0 Å². The molecule has 2 unspecified atom stereocenters. The van der Waals surface area contributed by atoms with Crippen molar-refractivity contribution in [2.75, 3.05) is 25.2 Å². The van der Waals surface area contributed by atoms with Crippen molar-refractivity contribution in [2.45, 2.75) is 25.8 Å². The third kappa shape index (κ3) is 4.03. The topological polar surface area (TPSA) is 46.6 Å². The van der Waals surface area contributed by atoms with Crippen LogP contribution in [0.4, 0.5) is 0 Å². The summed E-state index contributed by atoms with van der Waals surface area (Å²) in [5.74, 6) is 1.45. The van der Waals surface area contributed by atoms with Crippen LogP contribution in [0.3, 0.4) is 0 Å². The molecule has 1 fully saturated rings. The van der Waals surface area contributed by atoms with Crippen LogP contribution in [0.2, 0.25) is 0 Å². The molecule has 1 aromatic rings. The van der Waals surface area contributed by atoms with Crippen LogP contribution >= 0.6 is 11.8 Å². The van der Waals surface area contributed by atoms with E-state index >= 15 is 0 Å². The Morgan fingerprint density at radius 3 is 2.77 bits per heavy atom. The smallest absolute Gasteiger partial charge is 0.311 e. The first-order chi connectivity index (χ1) is 10.6. The Balaban J connectivity index is 2.10. The molecule has 1 aliphatic heterocycles. The molecule has 0 saturated carbocycles. The minimum Gasteiger partial charge on any atom is -0.465 e. The number of thioether (sulfide) groups is 1. The van der Waals surface area contributed by atoms with E-state index in [-0.39, 0.29) is 23.8 Å². The van der Waals surface area contributed by atoms with Gasteiger partial charge in [-0.15, -0.1) is 0 Å². The van der Waals surface area contributed by atoms with Crippen molar-refractivity contribution in [1.82, 2.24) is 4.90 Å². The average Bonchev–Trinajstić information content (AvgIpc) is 2.54. The molecular weight excluding hydrogens is 298 g/mol. The van der Waals surface area contributed by atoms with Gasteiger partial charge in [0.05, 0.1) is 12.0 Å². The second-order valence-electron chi connectivity index (χ2n) is 5.37. The Bertz CT molecular complexity index is 506. The molecule has 4 nitrogen and oxygen atoms in total. The summed E-state index contributed by atoms with van der Waals surface area (Å²) in [6.07, 6.45) is 0.964. The maximum Gasteiger partial charge on any atom is 0.311 e. The number of ether oxygens (including phenoxy) is 1. The highest BCUT2D eigenvalue weighted by Crippen LogP contribution is 2.36. The van der Waals surface area contributed by atoms with E-state index < -0.39 is 0 Å². The highest BCUT2D eigenvalue weighted by atomic mass is 32.2. The maximum absolute atomic E-state index is 12.4. The fraction of sp³-hybridized carbons (Fsp3) is 0.529. The Kier molecular flexibility index (Phi) is 6.31. The second kappa shape index (κ2) is 8.22. The number of hydrogen-bond acceptors (Lipinski definition) is 4. The Morgan fingerprint density at radius 2 is 2.09 bits per heavy atom. The van der Waals surface area contributed by atoms with E-state index in [2.05, 4.69) is 6.92 Å². The maximum atomic E-state index is 12.4. The van der Waals surface area contributed by atoms with Gasteiger partial charge < -0.3 is 9.64 Å². The van der Waals surface area contributed by atoms with Crippen molar-refractivity contribution in [2.24, 2.45) is 5.92 Å². The zero-order valence-corrected chi connectivity index (χ0v) is 14.0. The number of hydrogen-bond donors (Lipinski definition) is 0. The lowest BCUT2D eigenvalue weighted by molar-refractivity contribution is -0.155. The van der Waals surface area contributed by atoms with E-state index in [9.17, 15) is 9.59 Å². The predicted octanol–water partition coefficient (Wildman–Crippen LogP) is 2.89. The normalized spacial score (nSPS) is 21.7. The molecule has 0 spiro atoms. The van der Waals surface area contributed by atoms with Gasteiger partial charge in [-0.3, -0.25) is 9.59 Å². The van der Waals surface area contributed by atoms with Crippen LogP contribution in [0.25, 0.3) is 0 Å². The van der Waals surface area contributed by atoms with Crippen molar-refractivity contribution >= 4 is 23.6 Å². The van der Waals surface area contributed by atoms with Gasteiger partial charge in [0.15, 0.2) is 0 Å². The monoisotopic (exact) mass is 321 g/mol. The lowest BCUT2D eigenvalue weighted by Gasteiger charge is -2.38. The molecule has 1 aliphatic rings. The van der Waals surface area contributed by atoms with Crippen molar-refractivity contribution < 1.29 is 14.3 Å². The second-order valence-corrected chi connectivity index (χ2v) is 6.76. The molecule has 1 aromatic carbocycles. The molecule has 0 N–H and O–H groups in total. The zero-order chi connectivity index (χ0) is 15.9. The summed E-state index contributed by atoms with van der Waals surface area (Å²) in [5, 5.41) is 0. The molecule has 0 radical (unpaired) electrons. The summed E-state index contributed by atoms with van der Waals surface area (Å²) in [5.41, 5.74) is 0.989. The van der Waals surface area contributed by atoms with Crippen LogP contribution in [0, 0.1) is 5.92 Å². The molecule has 1 saturated heterocycles. The Hall–Kier alpha value is -1.49. The van der Waals surface area contributed by atoms with Crippen LogP contribution in [-0.4, -0.2) is 41.9 Å². The quantitative estimate of drug-likeness (QED) is 0.597. The summed E-state index contributed by atoms with van der Waals surface area (Å²) in [6.45, 7) is 2.52. The van der Waals surface area contributed by atoms with Gasteiger partial charge in [-0.05, 0) is 17.7 Å². The molecule has 120 valence electrons. The van der Waals surface area contributed by atoms with Crippen LogP contribution in [-0.2, 0) is 14.3 Å². The highest BCUT2D eigenvalue weighted by Gasteiger charge is 2.39. The highest BCUT2D eigenvalue weighted by molar-refractivity contribution is 7.99. The first-order valence-electron chi connectivity index (χ1n) is 7.70. The van der Waals surface area contributed by atoms with Crippen molar-refractivity contribution in [1.29, 1.82) is 0 Å². The minimum absolute atomic E-state index is 0.0828. The molecule has 5 heteroatoms. The summed E-state index contributed by atoms with van der Waals surface area (Å²) in [6, 6.07) is 9.50. The number of likely N-dealkylation sites (tertiary alicyclic amines) is 1. The Morgan fingerprint density at radius 1 is 1.36 bits per heavy atom. The number of carbonyl (C=O) groups is 2. The summed E-state index contributed by atoms with van der Waals surface area (Å²) >= 11 is 1.75. The SMILES string of the molecule is CCSCCOC(=O)C1CCC(=O)N(C)C1c1ccccc1. The van der Waals surface area contributed by atoms with Crippen molar-refractivity contribution in [3.63, 3.8) is 0 Å². The fourth-order valence-corrected chi connectivity index (χ4v) is 3.33. The first kappa shape index (κ1) is 16.9. The first-order valence-corrected chi connectivity index (χ1v) is 8.85. The van der Waals surface area contributed by atoms with E-state index in [0.717, 1.165) is 17.1 Å². The number of piperidine rings is 1. The van der Waals surface area contributed by atoms with Gasteiger partial charge >= 0.3 is 5.97 Å². The molecule has 0 aliphatic carbocycles. The standard InChI is InChI=1S/C17H23NO3S/c1-3-22-12-11-21-17(20)14-9-10-15(19)18(2)16(14)13-7-5-4-6-8-13/h4-8,14,16H,3,9-12H2,1-2H3. The van der Waals surface area contributed by atoms with Gasteiger partial charge in [0, 0.05) is 19.2 Å². The van der Waals surface area contributed by atoms with Gasteiger partial charge in [0.2, 0.25) is 5.91 Å². The lowest BCUT2D eigenvalue weighted by atomic mass is 9.84. The number of esters is 1. The van der Waals surface area contributed by atoms with Crippen molar-refractivity contribution in [3.8, 4) is 0 Å². The summed E-state index contributed by atoms with van der Waals surface area (Å²) in [7, 11) is 1.77. The van der Waals surface area contributed by atoms with Gasteiger partial charge in [0.1, 0.15) is 6.61 Å². The number of nitrogens with zero attached hydrogens (tertiary/aromatic N) is 1. The van der Waals surface area contributed by atoms with Crippen LogP contribution in [0.5, 0.6) is 0 Å². The van der Waals surface area contributed by atoms with Crippen molar-refractivity contribution in [3.05, 3.63) is 35.9 Å². The van der Waals surface area contributed by atoms with Crippen LogP contribution in [0.15, 0.2) is 30.3 Å². The molecule has 2 rings (SSSR count). The number of rotatable bonds is 6. The van der Waals surface area contributed by atoms with Gasteiger partial charge in [-0.1, -0.05) is 37.3 Å². The van der Waals surface area contributed by atoms with Gasteiger partial charge in [-0.2, -0.15) is 11.8 Å². The number of carbonyl (C=O) groups excluding carboxylic acids is 2. The van der Waals surface area contributed by atoms with E-state index in [0.29, 0.717) is 19.4 Å². The molecular formula is C17H23NO3S. The molecule has 2 atom stereocenters. The Labute approximate surface area is 136 Å². The average molecular weight is 321 g/mol. The predicted molar refractivity (Wildman–Crippen MR) is 88.6 cm³/mol. The lowest BCUT2D eigenvalue weighted by Crippen LogP contribution is -2.43. The number of benzene rings is 1. The third-order valence-corrected chi connectivity index (χ3v) is 4.84. The summed E-state index contributed by atoms with van der Waals surface area (Å²) < 4.78 is 5.42.